The number of benzene rings is 6. The SMILES string of the molecule is Cc1ccc(Cc2ccc(-n3c(=O)c4cc5c(=O)n(-c6ccc(Oc7ccc(-n8c(=O)c9cc%10c(=O)n(C)c(=O)c%10cc9c8=O)cc7)cc6)c(=O)c5cc4c3=O)c(C)c2)cc1C. The molecule has 0 spiro atoms. The molecule has 13 nitrogen and oxygen atoms in total. The molecule has 10 aromatic rings. The molecule has 6 aromatic carbocycles. The van der Waals surface area contributed by atoms with Crippen LogP contribution in [0.1, 0.15) is 27.8 Å². The second-order valence-electron chi connectivity index (χ2n) is 15.7. The van der Waals surface area contributed by atoms with Crippen LogP contribution in [-0.2, 0) is 13.5 Å². The predicted octanol–water partition coefficient (Wildman–Crippen LogP) is 4.95. The van der Waals surface area contributed by atoms with Crippen LogP contribution >= 0.6 is 0 Å². The maximum Gasteiger partial charge on any atom is 0.266 e. The van der Waals surface area contributed by atoms with Crippen molar-refractivity contribution in [1.29, 1.82) is 0 Å². The number of fused-ring (bicyclic) bond motifs is 4. The van der Waals surface area contributed by atoms with Gasteiger partial charge in [0.05, 0.1) is 60.2 Å². The van der Waals surface area contributed by atoms with E-state index in [0.717, 1.165) is 35.0 Å². The molecule has 0 unspecified atom stereocenters. The highest BCUT2D eigenvalue weighted by atomic mass is 16.5. The number of aromatic nitrogens is 4. The minimum absolute atomic E-state index is 0.00868. The van der Waals surface area contributed by atoms with Crippen molar-refractivity contribution in [2.45, 2.75) is 27.2 Å². The molecular weight excluding hydrogens is 789 g/mol. The zero-order valence-electron chi connectivity index (χ0n) is 33.6. The molecule has 0 atom stereocenters. The van der Waals surface area contributed by atoms with Crippen LogP contribution in [0.15, 0.2) is 148 Å². The first kappa shape index (κ1) is 37.9. The van der Waals surface area contributed by atoms with Crippen molar-refractivity contribution in [2.24, 2.45) is 7.05 Å². The van der Waals surface area contributed by atoms with Gasteiger partial charge in [0.1, 0.15) is 11.5 Å². The first-order valence-electron chi connectivity index (χ1n) is 19.6. The number of aryl methyl sites for hydroxylation is 3. The molecule has 0 aliphatic carbocycles. The van der Waals surface area contributed by atoms with Gasteiger partial charge in [0.15, 0.2) is 0 Å². The van der Waals surface area contributed by atoms with E-state index in [0.29, 0.717) is 23.6 Å². The Bertz CT molecular complexity index is 3860. The third kappa shape index (κ3) is 5.62. The molecule has 0 amide bonds. The van der Waals surface area contributed by atoms with Gasteiger partial charge in [-0.25, -0.2) is 13.7 Å². The highest BCUT2D eigenvalue weighted by Gasteiger charge is 2.23. The van der Waals surface area contributed by atoms with E-state index in [-0.39, 0.29) is 54.5 Å². The molecule has 0 aliphatic rings. The minimum atomic E-state index is -0.647. The second kappa shape index (κ2) is 13.6. The van der Waals surface area contributed by atoms with Crippen molar-refractivity contribution in [1.82, 2.24) is 18.3 Å². The summed E-state index contributed by atoms with van der Waals surface area (Å²) >= 11 is 0. The van der Waals surface area contributed by atoms with E-state index in [1.807, 2.05) is 19.1 Å². The van der Waals surface area contributed by atoms with E-state index < -0.39 is 44.5 Å². The molecular formula is C49H32N4O9. The normalized spacial score (nSPS) is 11.8. The van der Waals surface area contributed by atoms with E-state index in [1.165, 1.54) is 66.7 Å². The third-order valence-corrected chi connectivity index (χ3v) is 11.9. The standard InChI is InChI=1S/C49H32N4O9/c1-24-5-6-27(17-25(24)2)19-28-7-16-41(26(3)18-28)53-48(60)39-22-37-38(23-40(39)49(53)61)47(59)52(46(37)58)30-10-14-32(15-11-30)62-31-12-8-29(9-13-31)51-44(56)35-20-33-34(21-36(35)45(51)57)43(55)50(4)42(33)54/h5-18,20-23H,19H2,1-4H3. The van der Waals surface area contributed by atoms with Crippen LogP contribution in [0, 0.1) is 20.8 Å². The summed E-state index contributed by atoms with van der Waals surface area (Å²) in [6.07, 6.45) is 0.684. The lowest BCUT2D eigenvalue weighted by atomic mass is 9.99. The zero-order chi connectivity index (χ0) is 43.5. The Morgan fingerprint density at radius 2 is 0.726 bits per heavy atom. The Hall–Kier alpha value is -8.32. The maximum atomic E-state index is 13.8. The van der Waals surface area contributed by atoms with Crippen LogP contribution in [-0.4, -0.2) is 18.3 Å². The van der Waals surface area contributed by atoms with Crippen LogP contribution in [0.3, 0.4) is 0 Å². The molecule has 4 heterocycles. The topological polar surface area (TPSA) is 166 Å². The fourth-order valence-electron chi connectivity index (χ4n) is 8.45. The summed E-state index contributed by atoms with van der Waals surface area (Å²) in [6.45, 7) is 5.97. The molecule has 4 aromatic heterocycles. The monoisotopic (exact) mass is 820 g/mol. The first-order valence-corrected chi connectivity index (χ1v) is 19.6. The summed E-state index contributed by atoms with van der Waals surface area (Å²) < 4.78 is 9.94. The largest absolute Gasteiger partial charge is 0.457 e. The van der Waals surface area contributed by atoms with Crippen LogP contribution in [0.5, 0.6) is 11.5 Å². The summed E-state index contributed by atoms with van der Waals surface area (Å²) in [5.41, 5.74) is 1.40. The van der Waals surface area contributed by atoms with E-state index in [1.54, 1.807) is 30.3 Å². The highest BCUT2D eigenvalue weighted by molar-refractivity contribution is 5.99. The highest BCUT2D eigenvalue weighted by Crippen LogP contribution is 2.26. The molecule has 0 saturated heterocycles. The molecule has 13 heteroatoms. The van der Waals surface area contributed by atoms with Gasteiger partial charge in [0.2, 0.25) is 0 Å². The van der Waals surface area contributed by atoms with Gasteiger partial charge < -0.3 is 4.74 Å². The van der Waals surface area contributed by atoms with Gasteiger partial charge in [0, 0.05) is 7.05 Å². The molecule has 0 saturated carbocycles. The maximum absolute atomic E-state index is 13.8. The van der Waals surface area contributed by atoms with Gasteiger partial charge in [-0.05, 0) is 134 Å². The number of ether oxygens (including phenoxy) is 1. The number of hydrogen-bond acceptors (Lipinski definition) is 9. The minimum Gasteiger partial charge on any atom is -0.457 e. The molecule has 0 radical (unpaired) electrons. The van der Waals surface area contributed by atoms with E-state index >= 15 is 0 Å². The Morgan fingerprint density at radius 1 is 0.371 bits per heavy atom. The van der Waals surface area contributed by atoms with Crippen LogP contribution in [0.4, 0.5) is 0 Å². The van der Waals surface area contributed by atoms with Gasteiger partial charge in [-0.3, -0.25) is 42.9 Å². The summed E-state index contributed by atoms with van der Waals surface area (Å²) in [5, 5.41) is 0.283. The van der Waals surface area contributed by atoms with Crippen molar-refractivity contribution >= 4 is 43.1 Å². The van der Waals surface area contributed by atoms with Gasteiger partial charge >= 0.3 is 0 Å². The molecule has 302 valence electrons. The molecule has 0 fully saturated rings. The number of nitrogens with zero attached hydrogens (tertiary/aromatic N) is 4. The van der Waals surface area contributed by atoms with Gasteiger partial charge in [-0.15, -0.1) is 0 Å². The molecule has 62 heavy (non-hydrogen) atoms. The van der Waals surface area contributed by atoms with E-state index in [2.05, 4.69) is 32.0 Å². The summed E-state index contributed by atoms with van der Waals surface area (Å²) in [7, 11) is 1.33. The van der Waals surface area contributed by atoms with Crippen molar-refractivity contribution in [3.05, 3.63) is 220 Å². The van der Waals surface area contributed by atoms with Gasteiger partial charge in [-0.1, -0.05) is 30.3 Å². The number of hydrogen-bond donors (Lipinski definition) is 0. The molecule has 10 rings (SSSR count). The van der Waals surface area contributed by atoms with Crippen LogP contribution in [0.2, 0.25) is 0 Å². The molecule has 0 bridgehead atoms. The van der Waals surface area contributed by atoms with E-state index in [4.69, 9.17) is 4.74 Å². The van der Waals surface area contributed by atoms with Crippen LogP contribution in [0.25, 0.3) is 60.2 Å². The lowest BCUT2D eigenvalue weighted by Crippen LogP contribution is -2.24. The van der Waals surface area contributed by atoms with Crippen molar-refractivity contribution in [3.8, 4) is 28.6 Å². The van der Waals surface area contributed by atoms with Crippen molar-refractivity contribution < 1.29 is 4.74 Å². The molecule has 0 aliphatic heterocycles. The Kier molecular flexibility index (Phi) is 8.32. The summed E-state index contributed by atoms with van der Waals surface area (Å²) in [4.78, 5) is 107. The Balaban J connectivity index is 0.913. The fourth-order valence-corrected chi connectivity index (χ4v) is 8.45. The van der Waals surface area contributed by atoms with Gasteiger partial charge in [-0.2, -0.15) is 0 Å². The Morgan fingerprint density at radius 3 is 1.11 bits per heavy atom. The average Bonchev–Trinajstić information content (AvgIpc) is 3.84. The zero-order valence-corrected chi connectivity index (χ0v) is 33.6. The first-order chi connectivity index (χ1) is 29.7. The smallest absolute Gasteiger partial charge is 0.266 e. The van der Waals surface area contributed by atoms with Gasteiger partial charge in [0.25, 0.3) is 44.5 Å². The Labute approximate surface area is 347 Å². The second-order valence-corrected chi connectivity index (χ2v) is 15.7. The number of rotatable bonds is 7. The molecule has 0 N–H and O–H groups in total. The predicted molar refractivity (Wildman–Crippen MR) is 238 cm³/mol. The fraction of sp³-hybridized carbons (Fsp3) is 0.102. The van der Waals surface area contributed by atoms with Crippen molar-refractivity contribution in [3.63, 3.8) is 0 Å². The van der Waals surface area contributed by atoms with Crippen LogP contribution < -0.4 is 49.2 Å². The van der Waals surface area contributed by atoms with E-state index in [9.17, 15) is 38.4 Å². The third-order valence-electron chi connectivity index (χ3n) is 11.9. The lowest BCUT2D eigenvalue weighted by Gasteiger charge is -2.10. The summed E-state index contributed by atoms with van der Waals surface area (Å²) in [5.74, 6) is 0.690. The quantitative estimate of drug-likeness (QED) is 0.216. The summed E-state index contributed by atoms with van der Waals surface area (Å²) in [6, 6.07) is 29.4. The van der Waals surface area contributed by atoms with Crippen molar-refractivity contribution in [2.75, 3.05) is 0 Å². The lowest BCUT2D eigenvalue weighted by molar-refractivity contribution is 0.482. The average molecular weight is 821 g/mol.